The molecule has 1 unspecified atom stereocenters. The lowest BCUT2D eigenvalue weighted by atomic mass is 9.75. The molecule has 3 heterocycles. The van der Waals surface area contributed by atoms with Crippen molar-refractivity contribution in [3.05, 3.63) is 240 Å². The summed E-state index contributed by atoms with van der Waals surface area (Å²) in [5.74, 6) is 1.58. The van der Waals surface area contributed by atoms with Crippen LogP contribution in [0.1, 0.15) is 86.9 Å². The van der Waals surface area contributed by atoms with Gasteiger partial charge in [-0.05, 0) is 49.0 Å². The first-order chi connectivity index (χ1) is 39.3. The van der Waals surface area contributed by atoms with Crippen LogP contribution in [0, 0.1) is 10.8 Å². The minimum atomic E-state index is -4.64. The number of ether oxygens (including phenoxy) is 1. The fraction of sp³-hybridized carbons (Fsp3) is 0.290. The van der Waals surface area contributed by atoms with Crippen molar-refractivity contribution in [1.82, 2.24) is 4.81 Å². The van der Waals surface area contributed by atoms with Gasteiger partial charge in [0, 0.05) is 35.4 Å². The van der Waals surface area contributed by atoms with Crippen molar-refractivity contribution in [2.45, 2.75) is 102 Å². The van der Waals surface area contributed by atoms with Gasteiger partial charge < -0.3 is 41.7 Å². The van der Waals surface area contributed by atoms with Crippen LogP contribution in [0.3, 0.4) is 0 Å². The molecule has 10 rings (SSSR count). The summed E-state index contributed by atoms with van der Waals surface area (Å²) in [7, 11) is 2.50. The van der Waals surface area contributed by atoms with Crippen LogP contribution in [0.15, 0.2) is 206 Å². The Hall–Kier alpha value is -7.14. The molecule has 0 amide bonds. The van der Waals surface area contributed by atoms with Crippen molar-refractivity contribution in [2.24, 2.45) is 5.73 Å². The quantitative estimate of drug-likeness (QED) is 0.0465. The Bertz CT molecular complexity index is 2910. The van der Waals surface area contributed by atoms with Gasteiger partial charge in [-0.2, -0.15) is 52.7 Å². The van der Waals surface area contributed by atoms with Gasteiger partial charge >= 0.3 is 39.4 Å². The summed E-state index contributed by atoms with van der Waals surface area (Å²) in [5.41, 5.74) is 5.01. The Morgan fingerprint density at radius 2 is 1.00 bits per heavy atom. The molecule has 86 heavy (non-hydrogen) atoms. The number of hydrogen-bond donors (Lipinski definition) is 4. The van der Waals surface area contributed by atoms with Crippen molar-refractivity contribution in [3.63, 3.8) is 0 Å². The van der Waals surface area contributed by atoms with Gasteiger partial charge in [-0.1, -0.05) is 229 Å². The second-order valence-electron chi connectivity index (χ2n) is 18.6. The number of unbranched alkanes of at least 4 members (excludes halogenated alkanes) is 1. The molecule has 3 aliphatic rings. The molecule has 7 aromatic carbocycles. The summed E-state index contributed by atoms with van der Waals surface area (Å²) in [4.78, 5) is 2.63. The highest BCUT2D eigenvalue weighted by molar-refractivity contribution is 6.50. The van der Waals surface area contributed by atoms with Crippen LogP contribution < -0.4 is 33.2 Å². The summed E-state index contributed by atoms with van der Waals surface area (Å²) in [6.45, 7) is 3.43. The van der Waals surface area contributed by atoms with Gasteiger partial charge in [0.05, 0.1) is 0 Å². The Morgan fingerprint density at radius 1 is 0.628 bits per heavy atom. The molecule has 0 saturated carbocycles. The van der Waals surface area contributed by atoms with E-state index in [2.05, 4.69) is 82.9 Å². The fourth-order valence-corrected chi connectivity index (χ4v) is 8.86. The Labute approximate surface area is 501 Å². The standard InChI is InChI=1S/C21H26BNO.C9H10F3NO.C8H8F3N.2C8H6F3N.C6H4BO2.2CH4.ClH/c1-2-3-16-22-23-17-10-15-20(23)21(24-22,18-11-6-4-7-12-18)19-13-8-5-9-14-19;1-14-8(13,9(10,11)12)7-5-3-2-4-6-7;3*9-8(10,11)7(12)6-4-2-1-3-5-6;1-2-4-6-5(3-1)8-7-9-6;;;/h4-9,11-14,20H,2-3,10,15-17H2,1H3;2-6H,13H2,1H3;1-5,7H,12H2;2*1-5,12H;1-4H;2*1H4;1H/t20-;;7-;;;;;;/m1.1....../s1. The molecule has 2 fully saturated rings. The highest BCUT2D eigenvalue weighted by Crippen LogP contribution is 2.50. The maximum atomic E-state index is 12.5. The molecule has 1 radical (unpaired) electrons. The zero-order valence-electron chi connectivity index (χ0n) is 45.5. The summed E-state index contributed by atoms with van der Waals surface area (Å²) in [6, 6.07) is 56.9. The van der Waals surface area contributed by atoms with Crippen molar-refractivity contribution in [2.75, 3.05) is 13.7 Å². The second-order valence-corrected chi connectivity index (χ2v) is 18.6. The fourth-order valence-electron chi connectivity index (χ4n) is 8.86. The van der Waals surface area contributed by atoms with Crippen LogP contribution in [0.5, 0.6) is 11.5 Å². The van der Waals surface area contributed by atoms with Crippen molar-refractivity contribution in [1.29, 1.82) is 10.8 Å². The van der Waals surface area contributed by atoms with Crippen LogP contribution in [-0.2, 0) is 20.7 Å². The third-order valence-corrected chi connectivity index (χ3v) is 13.1. The van der Waals surface area contributed by atoms with E-state index in [4.69, 9.17) is 30.5 Å². The minimum absolute atomic E-state index is 0. The molecule has 2 saturated heterocycles. The number of para-hydroxylation sites is 2. The lowest BCUT2D eigenvalue weighted by Crippen LogP contribution is -3.00. The molecule has 0 aromatic heterocycles. The highest BCUT2D eigenvalue weighted by Gasteiger charge is 2.58. The normalized spacial score (nSPS) is 15.5. The number of hydrogen-bond acceptors (Lipinski definition) is 8. The summed E-state index contributed by atoms with van der Waals surface area (Å²) >= 11 is 0. The number of methoxy groups -OCH3 is 1. The second kappa shape index (κ2) is 34.3. The predicted molar refractivity (Wildman–Crippen MR) is 309 cm³/mol. The zero-order chi connectivity index (χ0) is 60.9. The summed E-state index contributed by atoms with van der Waals surface area (Å²) in [5, 5.41) is 13.5. The molecule has 3 aliphatic heterocycles. The summed E-state index contributed by atoms with van der Waals surface area (Å²) in [6.07, 6.45) is -11.9. The molecule has 7 aromatic rings. The third kappa shape index (κ3) is 20.5. The van der Waals surface area contributed by atoms with E-state index in [1.165, 1.54) is 136 Å². The Kier molecular flexibility index (Phi) is 29.9. The smallest absolute Gasteiger partial charge is 0.658 e. The molecule has 3 atom stereocenters. The van der Waals surface area contributed by atoms with Gasteiger partial charge in [0.1, 0.15) is 28.5 Å². The van der Waals surface area contributed by atoms with Crippen LogP contribution in [0.25, 0.3) is 0 Å². The van der Waals surface area contributed by atoms with Gasteiger partial charge in [0.15, 0.2) is 0 Å². The van der Waals surface area contributed by atoms with E-state index in [0.29, 0.717) is 6.04 Å². The molecule has 24 heteroatoms. The maximum Gasteiger partial charge on any atom is 0.658 e. The third-order valence-electron chi connectivity index (χ3n) is 13.1. The molecule has 0 bridgehead atoms. The van der Waals surface area contributed by atoms with Gasteiger partial charge in [-0.25, -0.2) is 0 Å². The number of benzene rings is 7. The number of nitrogens with two attached hydrogens (primary N) is 1. The highest BCUT2D eigenvalue weighted by atomic mass is 35.5. The maximum absolute atomic E-state index is 12.5. The average Bonchev–Trinajstić information content (AvgIpc) is 1.58. The van der Waals surface area contributed by atoms with Gasteiger partial charge in [0.2, 0.25) is 11.8 Å². The van der Waals surface area contributed by atoms with Gasteiger partial charge in [0.25, 0.3) is 0 Å². The van der Waals surface area contributed by atoms with Crippen molar-refractivity contribution < 1.29 is 89.5 Å². The molecular weight excluding hydrogens is 1160 g/mol. The van der Waals surface area contributed by atoms with Crippen LogP contribution in [0.4, 0.5) is 52.7 Å². The van der Waals surface area contributed by atoms with Crippen molar-refractivity contribution >= 4 is 26.2 Å². The topological polar surface area (TPSA) is 142 Å². The molecule has 0 aliphatic carbocycles. The van der Waals surface area contributed by atoms with Crippen LogP contribution in [-0.4, -0.2) is 75.4 Å². The average molecular weight is 1230 g/mol. The van der Waals surface area contributed by atoms with Gasteiger partial charge in [-0.3, -0.25) is 16.6 Å². The number of nitrogens with zero attached hydrogens (tertiary/aromatic N) is 1. The van der Waals surface area contributed by atoms with E-state index in [9.17, 15) is 52.7 Å². The number of quaternary nitrogens is 1. The SMILES string of the molecule is C.C.CCCCB1OC(c2ccccc2)(c2ccccc2)[C@H]2CCCN12.COC(N)(c1ccccc1)C(F)(F)F.N=C(c1ccccc1)C(F)(F)F.N=C(c1ccccc1)C(F)(F)F.[B]1Oc2ccccc2O1.[Cl-].[NH3+][C@H](c1ccccc1)C(F)(F)F. The Balaban J connectivity index is 0.000000361. The molecular formula is C62H69B2ClF12N5O4. The molecule has 0 spiro atoms. The predicted octanol–water partition coefficient (Wildman–Crippen LogP) is 12.8. The minimum Gasteiger partial charge on any atom is -1.00 e. The monoisotopic (exact) mass is 1230 g/mol. The first-order valence-corrected chi connectivity index (χ1v) is 25.9. The van der Waals surface area contributed by atoms with Crippen LogP contribution >= 0.6 is 0 Å². The first kappa shape index (κ1) is 75.0. The lowest BCUT2D eigenvalue weighted by molar-refractivity contribution is -0.488. The molecule has 7 N–H and O–H groups in total. The number of nitrogens with one attached hydrogen (secondary N) is 2. The molecule has 463 valence electrons. The largest absolute Gasteiger partial charge is 1.00 e. The van der Waals surface area contributed by atoms with Gasteiger partial charge in [-0.15, -0.1) is 0 Å². The van der Waals surface area contributed by atoms with E-state index < -0.39 is 47.9 Å². The van der Waals surface area contributed by atoms with E-state index in [-0.39, 0.29) is 62.2 Å². The van der Waals surface area contributed by atoms with E-state index in [0.717, 1.165) is 24.9 Å². The lowest BCUT2D eigenvalue weighted by Gasteiger charge is -2.36. The number of rotatable bonds is 10. The zero-order valence-corrected chi connectivity index (χ0v) is 46.2. The molecule has 9 nitrogen and oxygen atoms in total. The number of fused-ring (bicyclic) bond motifs is 2. The first-order valence-electron chi connectivity index (χ1n) is 25.9. The van der Waals surface area contributed by atoms with E-state index >= 15 is 0 Å². The van der Waals surface area contributed by atoms with E-state index in [1.54, 1.807) is 36.4 Å². The van der Waals surface area contributed by atoms with Crippen LogP contribution in [0.2, 0.25) is 6.32 Å². The Morgan fingerprint density at radius 3 is 1.36 bits per heavy atom. The number of alkyl halides is 12. The van der Waals surface area contributed by atoms with E-state index in [1.807, 2.05) is 24.3 Å². The number of halogens is 13. The summed E-state index contributed by atoms with van der Waals surface area (Å²) < 4.78 is 166. The van der Waals surface area contributed by atoms with Crippen molar-refractivity contribution in [3.8, 4) is 11.5 Å².